The van der Waals surface area contributed by atoms with E-state index < -0.39 is 0 Å². The Hall–Kier alpha value is -3.42. The number of hydrogen-bond acceptors (Lipinski definition) is 4. The van der Waals surface area contributed by atoms with Crippen molar-refractivity contribution in [1.82, 2.24) is 19.7 Å². The number of hydrogen-bond donors (Lipinski definition) is 1. The van der Waals surface area contributed by atoms with Crippen molar-refractivity contribution in [2.24, 2.45) is 7.05 Å². The Labute approximate surface area is 160 Å². The van der Waals surface area contributed by atoms with E-state index in [1.54, 1.807) is 40.8 Å². The number of nitrogens with one attached hydrogen (secondary N) is 1. The first kappa shape index (κ1) is 18.0. The van der Waals surface area contributed by atoms with Crippen LogP contribution in [0.25, 0.3) is 11.3 Å². The normalized spacial score (nSPS) is 14.0. The average molecular weight is 382 g/mol. The van der Waals surface area contributed by atoms with Crippen LogP contribution in [0.2, 0.25) is 0 Å². The van der Waals surface area contributed by atoms with Crippen LogP contribution >= 0.6 is 0 Å². The van der Waals surface area contributed by atoms with Crippen molar-refractivity contribution in [2.75, 3.05) is 13.1 Å². The van der Waals surface area contributed by atoms with E-state index in [-0.39, 0.29) is 23.4 Å². The zero-order chi connectivity index (χ0) is 19.8. The van der Waals surface area contributed by atoms with Gasteiger partial charge in [0.2, 0.25) is 0 Å². The van der Waals surface area contributed by atoms with Gasteiger partial charge in [0.25, 0.3) is 11.5 Å². The van der Waals surface area contributed by atoms with Crippen LogP contribution in [0.3, 0.4) is 0 Å². The number of rotatable bonds is 4. The van der Waals surface area contributed by atoms with Gasteiger partial charge in [-0.1, -0.05) is 0 Å². The minimum absolute atomic E-state index is 0.131. The molecular formula is C20H19FN4O3. The van der Waals surface area contributed by atoms with E-state index in [0.29, 0.717) is 30.2 Å². The molecule has 1 aliphatic rings. The number of likely N-dealkylation sites (tertiary alicyclic amines) is 1. The fourth-order valence-electron chi connectivity index (χ4n) is 3.05. The maximum Gasteiger partial charge on any atom is 0.272 e. The summed E-state index contributed by atoms with van der Waals surface area (Å²) >= 11 is 0. The van der Waals surface area contributed by atoms with Crippen LogP contribution in [0, 0.1) is 12.7 Å². The summed E-state index contributed by atoms with van der Waals surface area (Å²) in [5.41, 5.74) is 2.34. The molecule has 7 nitrogen and oxygen atoms in total. The molecule has 0 bridgehead atoms. The third kappa shape index (κ3) is 3.40. The Kier molecular flexibility index (Phi) is 4.46. The highest BCUT2D eigenvalue weighted by Gasteiger charge is 2.33. The van der Waals surface area contributed by atoms with Crippen molar-refractivity contribution in [1.29, 1.82) is 0 Å². The number of pyridine rings is 1. The van der Waals surface area contributed by atoms with E-state index in [9.17, 15) is 14.0 Å². The van der Waals surface area contributed by atoms with Gasteiger partial charge in [-0.15, -0.1) is 0 Å². The van der Waals surface area contributed by atoms with Crippen LogP contribution < -0.4 is 10.3 Å². The summed E-state index contributed by atoms with van der Waals surface area (Å²) in [5.74, 6) is 0.00683. The number of nitrogens with zero attached hydrogens (tertiary/aromatic N) is 3. The first-order chi connectivity index (χ1) is 13.4. The van der Waals surface area contributed by atoms with Crippen LogP contribution in [0.4, 0.5) is 4.39 Å². The molecule has 2 aromatic heterocycles. The first-order valence-corrected chi connectivity index (χ1v) is 8.85. The lowest BCUT2D eigenvalue weighted by Gasteiger charge is -2.38. The summed E-state index contributed by atoms with van der Waals surface area (Å²) in [4.78, 5) is 26.0. The molecule has 0 aliphatic carbocycles. The molecule has 3 heterocycles. The molecule has 0 atom stereocenters. The fraction of sp³-hybridized carbons (Fsp3) is 0.250. The van der Waals surface area contributed by atoms with Crippen molar-refractivity contribution in [3.8, 4) is 17.0 Å². The Balaban J connectivity index is 1.38. The lowest BCUT2D eigenvalue weighted by molar-refractivity contribution is 0.0172. The summed E-state index contributed by atoms with van der Waals surface area (Å²) in [6.45, 7) is 2.69. The standard InChI is InChI=1S/C20H19FN4O3/c1-12-7-15(8-19(26)24(12)2)28-16-10-25(11-16)20(27)18-9-17(22-23-18)13-3-5-14(21)6-4-13/h3-9,16H,10-11H2,1-2H3,(H,22,23). The molecule has 0 spiro atoms. The number of carbonyl (C=O) groups excluding carboxylic acids is 1. The Bertz CT molecular complexity index is 1080. The Morgan fingerprint density at radius 1 is 1.21 bits per heavy atom. The van der Waals surface area contributed by atoms with E-state index in [1.165, 1.54) is 18.2 Å². The second-order valence-electron chi connectivity index (χ2n) is 6.85. The van der Waals surface area contributed by atoms with Gasteiger partial charge in [-0.3, -0.25) is 14.7 Å². The second-order valence-corrected chi connectivity index (χ2v) is 6.85. The van der Waals surface area contributed by atoms with Crippen molar-refractivity contribution >= 4 is 5.91 Å². The lowest BCUT2D eigenvalue weighted by atomic mass is 10.1. The lowest BCUT2D eigenvalue weighted by Crippen LogP contribution is -2.56. The van der Waals surface area contributed by atoms with Crippen LogP contribution in [0.1, 0.15) is 16.2 Å². The number of aromatic amines is 1. The van der Waals surface area contributed by atoms with Crippen molar-refractivity contribution < 1.29 is 13.9 Å². The van der Waals surface area contributed by atoms with Crippen molar-refractivity contribution in [2.45, 2.75) is 13.0 Å². The van der Waals surface area contributed by atoms with Gasteiger partial charge >= 0.3 is 0 Å². The van der Waals surface area contributed by atoms with Gasteiger partial charge in [0.1, 0.15) is 23.4 Å². The van der Waals surface area contributed by atoms with Gasteiger partial charge in [-0.25, -0.2) is 4.39 Å². The summed E-state index contributed by atoms with van der Waals surface area (Å²) in [7, 11) is 1.70. The van der Waals surface area contributed by atoms with E-state index in [0.717, 1.165) is 11.3 Å². The first-order valence-electron chi connectivity index (χ1n) is 8.85. The minimum Gasteiger partial charge on any atom is -0.486 e. The predicted octanol–water partition coefficient (Wildman–Crippen LogP) is 2.13. The van der Waals surface area contributed by atoms with Crippen molar-refractivity contribution in [3.05, 3.63) is 70.0 Å². The number of aromatic nitrogens is 3. The number of ether oxygens (including phenoxy) is 1. The molecule has 4 rings (SSSR count). The fourth-order valence-corrected chi connectivity index (χ4v) is 3.05. The highest BCUT2D eigenvalue weighted by atomic mass is 19.1. The Morgan fingerprint density at radius 2 is 1.93 bits per heavy atom. The monoisotopic (exact) mass is 382 g/mol. The third-order valence-corrected chi connectivity index (χ3v) is 4.86. The van der Waals surface area contributed by atoms with E-state index >= 15 is 0 Å². The summed E-state index contributed by atoms with van der Waals surface area (Å²) in [6, 6.07) is 10.8. The van der Waals surface area contributed by atoms with Gasteiger partial charge in [0, 0.05) is 24.4 Å². The molecule has 0 saturated carbocycles. The van der Waals surface area contributed by atoms with Crippen molar-refractivity contribution in [3.63, 3.8) is 0 Å². The zero-order valence-corrected chi connectivity index (χ0v) is 15.5. The molecule has 1 N–H and O–H groups in total. The van der Waals surface area contributed by atoms with Gasteiger partial charge in [-0.05, 0) is 43.3 Å². The summed E-state index contributed by atoms with van der Waals surface area (Å²) in [5, 5.41) is 6.86. The largest absolute Gasteiger partial charge is 0.486 e. The number of amides is 1. The van der Waals surface area contributed by atoms with E-state index in [4.69, 9.17) is 4.74 Å². The quantitative estimate of drug-likeness (QED) is 0.750. The molecule has 1 saturated heterocycles. The highest BCUT2D eigenvalue weighted by molar-refractivity contribution is 5.94. The molecule has 0 radical (unpaired) electrons. The molecule has 1 aliphatic heterocycles. The second kappa shape index (κ2) is 6.95. The smallest absolute Gasteiger partial charge is 0.272 e. The molecule has 28 heavy (non-hydrogen) atoms. The number of H-pyrrole nitrogens is 1. The molecule has 1 amide bonds. The van der Waals surface area contributed by atoms with E-state index in [2.05, 4.69) is 10.2 Å². The maximum atomic E-state index is 13.0. The zero-order valence-electron chi connectivity index (χ0n) is 15.5. The number of halogens is 1. The van der Waals surface area contributed by atoms with Gasteiger partial charge < -0.3 is 14.2 Å². The molecule has 1 aromatic carbocycles. The van der Waals surface area contributed by atoms with Crippen LogP contribution in [-0.4, -0.2) is 44.8 Å². The number of aryl methyl sites for hydroxylation is 1. The maximum absolute atomic E-state index is 13.0. The van der Waals surface area contributed by atoms with Crippen LogP contribution in [-0.2, 0) is 7.05 Å². The third-order valence-electron chi connectivity index (χ3n) is 4.86. The van der Waals surface area contributed by atoms with Crippen LogP contribution in [0.15, 0.2) is 47.3 Å². The molecule has 3 aromatic rings. The SMILES string of the molecule is Cc1cc(OC2CN(C(=O)c3cc(-c4ccc(F)cc4)n[nH]3)C2)cc(=O)n1C. The molecule has 8 heteroatoms. The number of carbonyl (C=O) groups is 1. The number of benzene rings is 1. The van der Waals surface area contributed by atoms with Gasteiger partial charge in [0.15, 0.2) is 0 Å². The van der Waals surface area contributed by atoms with Gasteiger partial charge in [0.05, 0.1) is 18.8 Å². The molecule has 1 fully saturated rings. The average Bonchev–Trinajstić information content (AvgIpc) is 3.12. The molecule has 144 valence electrons. The van der Waals surface area contributed by atoms with E-state index in [1.807, 2.05) is 6.92 Å². The molecule has 0 unspecified atom stereocenters. The molecular weight excluding hydrogens is 363 g/mol. The van der Waals surface area contributed by atoms with Gasteiger partial charge in [-0.2, -0.15) is 5.10 Å². The topological polar surface area (TPSA) is 80.2 Å². The Morgan fingerprint density at radius 3 is 2.61 bits per heavy atom. The predicted molar refractivity (Wildman–Crippen MR) is 101 cm³/mol. The highest BCUT2D eigenvalue weighted by Crippen LogP contribution is 2.22. The van der Waals surface area contributed by atoms with Crippen LogP contribution in [0.5, 0.6) is 5.75 Å². The summed E-state index contributed by atoms with van der Waals surface area (Å²) in [6.07, 6.45) is -0.157. The minimum atomic E-state index is -0.325. The summed E-state index contributed by atoms with van der Waals surface area (Å²) < 4.78 is 20.4.